The number of ether oxygens (including phenoxy) is 1. The lowest BCUT2D eigenvalue weighted by Gasteiger charge is -2.24. The van der Waals surface area contributed by atoms with Gasteiger partial charge in [-0.3, -0.25) is 4.90 Å². The van der Waals surface area contributed by atoms with Crippen LogP contribution in [-0.4, -0.2) is 25.2 Å². The summed E-state index contributed by atoms with van der Waals surface area (Å²) in [6.07, 6.45) is 0. The molecule has 0 radical (unpaired) electrons. The summed E-state index contributed by atoms with van der Waals surface area (Å²) in [5.41, 5.74) is 1.83. The van der Waals surface area contributed by atoms with E-state index in [0.29, 0.717) is 38.6 Å². The summed E-state index contributed by atoms with van der Waals surface area (Å²) < 4.78 is 5.85. The highest BCUT2D eigenvalue weighted by Gasteiger charge is 2.17. The van der Waals surface area contributed by atoms with Gasteiger partial charge in [0.15, 0.2) is 0 Å². The number of hydrogen-bond donors (Lipinski definition) is 3. The third kappa shape index (κ3) is 7.90. The van der Waals surface area contributed by atoms with E-state index in [9.17, 15) is 9.59 Å². The number of anilines is 3. The fourth-order valence-electron chi connectivity index (χ4n) is 3.38. The minimum Gasteiger partial charge on any atom is -0.457 e. The number of nitrogens with zero attached hydrogens (tertiary/aromatic N) is 1. The molecule has 4 rings (SSSR count). The van der Waals surface area contributed by atoms with Crippen LogP contribution in [0.15, 0.2) is 103 Å². The summed E-state index contributed by atoms with van der Waals surface area (Å²) in [5, 5.41) is 9.51. The lowest BCUT2D eigenvalue weighted by atomic mass is 10.2. The van der Waals surface area contributed by atoms with Gasteiger partial charge in [0.25, 0.3) is 0 Å². The number of amides is 4. The molecule has 0 saturated heterocycles. The van der Waals surface area contributed by atoms with Gasteiger partial charge < -0.3 is 20.7 Å². The normalized spacial score (nSPS) is 10.3. The van der Waals surface area contributed by atoms with Crippen LogP contribution in [0.5, 0.6) is 11.5 Å². The Kier molecular flexibility index (Phi) is 8.86. The Hall–Kier alpha value is -4.20. The number of urea groups is 2. The van der Waals surface area contributed by atoms with Crippen molar-refractivity contribution in [1.29, 1.82) is 0 Å². The molecule has 9 heteroatoms. The van der Waals surface area contributed by atoms with Gasteiger partial charge in [0.05, 0.1) is 0 Å². The van der Waals surface area contributed by atoms with E-state index in [1.165, 1.54) is 4.90 Å². The summed E-state index contributed by atoms with van der Waals surface area (Å²) in [4.78, 5) is 27.0. The molecule has 0 fully saturated rings. The van der Waals surface area contributed by atoms with Crippen LogP contribution in [0, 0.1) is 0 Å². The first kappa shape index (κ1) is 25.9. The molecule has 4 aromatic carbocycles. The maximum absolute atomic E-state index is 13.2. The second kappa shape index (κ2) is 12.7. The van der Waals surface area contributed by atoms with E-state index in [0.717, 1.165) is 0 Å². The average molecular weight is 535 g/mol. The first-order chi connectivity index (χ1) is 18.0. The molecule has 3 N–H and O–H groups in total. The topological polar surface area (TPSA) is 82.7 Å². The van der Waals surface area contributed by atoms with Crippen LogP contribution in [0.4, 0.5) is 26.7 Å². The van der Waals surface area contributed by atoms with Crippen molar-refractivity contribution in [3.63, 3.8) is 0 Å². The first-order valence-electron chi connectivity index (χ1n) is 11.4. The van der Waals surface area contributed by atoms with Crippen LogP contribution >= 0.6 is 23.2 Å². The Bertz CT molecular complexity index is 1320. The van der Waals surface area contributed by atoms with Gasteiger partial charge in [0, 0.05) is 40.2 Å². The van der Waals surface area contributed by atoms with Gasteiger partial charge in [0.1, 0.15) is 11.5 Å². The molecular weight excluding hydrogens is 511 g/mol. The first-order valence-corrected chi connectivity index (χ1v) is 12.2. The molecule has 0 unspecified atom stereocenters. The Labute approximate surface area is 225 Å². The number of rotatable bonds is 8. The highest BCUT2D eigenvalue weighted by atomic mass is 35.5. The number of carbonyl (C=O) groups is 2. The molecule has 0 aliphatic heterocycles. The minimum absolute atomic E-state index is 0.204. The van der Waals surface area contributed by atoms with E-state index in [-0.39, 0.29) is 19.1 Å². The van der Waals surface area contributed by atoms with Gasteiger partial charge in [-0.15, -0.1) is 0 Å². The van der Waals surface area contributed by atoms with Crippen molar-refractivity contribution in [3.05, 3.63) is 113 Å². The summed E-state index contributed by atoms with van der Waals surface area (Å²) in [6.45, 7) is 0.419. The van der Waals surface area contributed by atoms with Crippen molar-refractivity contribution in [1.82, 2.24) is 5.32 Å². The summed E-state index contributed by atoms with van der Waals surface area (Å²) >= 11 is 11.8. The van der Waals surface area contributed by atoms with E-state index >= 15 is 0 Å². The molecule has 7 nitrogen and oxygen atoms in total. The second-order valence-corrected chi connectivity index (χ2v) is 8.76. The summed E-state index contributed by atoms with van der Waals surface area (Å²) in [7, 11) is 0. The molecule has 188 valence electrons. The van der Waals surface area contributed by atoms with Crippen LogP contribution in [-0.2, 0) is 0 Å². The molecule has 0 heterocycles. The average Bonchev–Trinajstić information content (AvgIpc) is 2.90. The van der Waals surface area contributed by atoms with E-state index < -0.39 is 6.03 Å². The van der Waals surface area contributed by atoms with Crippen molar-refractivity contribution >= 4 is 52.3 Å². The van der Waals surface area contributed by atoms with Crippen LogP contribution < -0.4 is 25.6 Å². The number of nitrogens with one attached hydrogen (secondary N) is 3. The van der Waals surface area contributed by atoms with Gasteiger partial charge in [-0.05, 0) is 84.9 Å². The molecule has 0 aliphatic carbocycles. The quantitative estimate of drug-likeness (QED) is 0.217. The van der Waals surface area contributed by atoms with Crippen molar-refractivity contribution in [2.45, 2.75) is 0 Å². The summed E-state index contributed by atoms with van der Waals surface area (Å²) in [6, 6.07) is 29.4. The maximum Gasteiger partial charge on any atom is 0.326 e. The lowest BCUT2D eigenvalue weighted by molar-refractivity contribution is 0.250. The van der Waals surface area contributed by atoms with Crippen molar-refractivity contribution in [2.24, 2.45) is 0 Å². The molecule has 37 heavy (non-hydrogen) atoms. The Morgan fingerprint density at radius 3 is 1.81 bits per heavy atom. The van der Waals surface area contributed by atoms with Crippen molar-refractivity contribution in [2.75, 3.05) is 28.6 Å². The van der Waals surface area contributed by atoms with Gasteiger partial charge in [0.2, 0.25) is 0 Å². The smallest absolute Gasteiger partial charge is 0.326 e. The number of hydrogen-bond acceptors (Lipinski definition) is 3. The predicted octanol–water partition coefficient (Wildman–Crippen LogP) is 7.65. The summed E-state index contributed by atoms with van der Waals surface area (Å²) in [5.74, 6) is 1.34. The van der Waals surface area contributed by atoms with E-state index in [2.05, 4.69) is 16.0 Å². The lowest BCUT2D eigenvalue weighted by Crippen LogP contribution is -2.42. The van der Waals surface area contributed by atoms with Gasteiger partial charge >= 0.3 is 12.1 Å². The van der Waals surface area contributed by atoms with Gasteiger partial charge in [-0.2, -0.15) is 0 Å². The molecule has 0 bridgehead atoms. The number of halogens is 2. The Balaban J connectivity index is 1.42. The van der Waals surface area contributed by atoms with Crippen LogP contribution in [0.2, 0.25) is 10.0 Å². The fraction of sp³-hybridized carbons (Fsp3) is 0.0714. The molecule has 4 aromatic rings. The van der Waals surface area contributed by atoms with E-state index in [1.54, 1.807) is 72.8 Å². The molecule has 0 aromatic heterocycles. The molecule has 0 atom stereocenters. The third-order valence-corrected chi connectivity index (χ3v) is 5.69. The molecule has 0 aliphatic rings. The second-order valence-electron chi connectivity index (χ2n) is 7.89. The minimum atomic E-state index is -0.396. The molecule has 0 spiro atoms. The largest absolute Gasteiger partial charge is 0.457 e. The van der Waals surface area contributed by atoms with Crippen molar-refractivity contribution < 1.29 is 14.3 Å². The zero-order valence-corrected chi connectivity index (χ0v) is 21.2. The molecule has 4 amide bonds. The van der Waals surface area contributed by atoms with E-state index in [1.807, 2.05) is 30.3 Å². The SMILES string of the molecule is O=C(NCCN(C(=O)Nc1ccc(Cl)cc1)c1ccc(Oc2ccccc2)cc1)Nc1ccc(Cl)cc1. The molecule has 0 saturated carbocycles. The zero-order valence-electron chi connectivity index (χ0n) is 19.7. The Morgan fingerprint density at radius 1 is 0.676 bits per heavy atom. The number of benzene rings is 4. The maximum atomic E-state index is 13.2. The van der Waals surface area contributed by atoms with Gasteiger partial charge in [-0.1, -0.05) is 41.4 Å². The third-order valence-electron chi connectivity index (χ3n) is 5.19. The predicted molar refractivity (Wildman–Crippen MR) is 149 cm³/mol. The Morgan fingerprint density at radius 2 is 1.22 bits per heavy atom. The van der Waals surface area contributed by atoms with Crippen molar-refractivity contribution in [3.8, 4) is 11.5 Å². The standard InChI is InChI=1S/C28H24Cl2N4O3/c29-20-6-10-22(11-7-20)32-27(35)31-18-19-34(28(36)33-23-12-8-21(30)9-13-23)24-14-16-26(17-15-24)37-25-4-2-1-3-5-25/h1-17H,18-19H2,(H,33,36)(H2,31,32,35). The molecular formula is C28H24Cl2N4O3. The zero-order chi connectivity index (χ0) is 26.0. The highest BCUT2D eigenvalue weighted by Crippen LogP contribution is 2.25. The monoisotopic (exact) mass is 534 g/mol. The van der Waals surface area contributed by atoms with Crippen LogP contribution in [0.3, 0.4) is 0 Å². The highest BCUT2D eigenvalue weighted by molar-refractivity contribution is 6.31. The van der Waals surface area contributed by atoms with Gasteiger partial charge in [-0.25, -0.2) is 9.59 Å². The fourth-order valence-corrected chi connectivity index (χ4v) is 3.63. The number of para-hydroxylation sites is 1. The van der Waals surface area contributed by atoms with E-state index in [4.69, 9.17) is 27.9 Å². The number of carbonyl (C=O) groups excluding carboxylic acids is 2. The van der Waals surface area contributed by atoms with Crippen LogP contribution in [0.1, 0.15) is 0 Å². The van der Waals surface area contributed by atoms with Crippen LogP contribution in [0.25, 0.3) is 0 Å².